The molecular weight excluding hydrogens is 338 g/mol. The highest BCUT2D eigenvalue weighted by molar-refractivity contribution is 7.54. The summed E-state index contributed by atoms with van der Waals surface area (Å²) in [5, 5.41) is 0. The van der Waals surface area contributed by atoms with Crippen molar-refractivity contribution >= 4 is 19.9 Å². The highest BCUT2D eigenvalue weighted by Crippen LogP contribution is 2.53. The van der Waals surface area contributed by atoms with Gasteiger partial charge in [0.05, 0.1) is 12.2 Å². The molecule has 1 atom stereocenters. The lowest BCUT2D eigenvalue weighted by molar-refractivity contribution is -0.0332. The molecule has 136 valence electrons. The van der Waals surface area contributed by atoms with E-state index in [1.807, 2.05) is 0 Å². The molecule has 0 aliphatic rings. The van der Waals surface area contributed by atoms with Gasteiger partial charge in [0, 0.05) is 0 Å². The predicted molar refractivity (Wildman–Crippen MR) is 75.5 cm³/mol. The van der Waals surface area contributed by atoms with E-state index in [0.717, 1.165) is 6.92 Å². The highest BCUT2D eigenvalue weighted by Gasteiger charge is 2.34. The molecule has 0 radical (unpaired) electrons. The van der Waals surface area contributed by atoms with Crippen molar-refractivity contribution in [2.24, 2.45) is 0 Å². The average Bonchev–Trinajstić information content (AvgIpc) is 2.36. The largest absolute Gasteiger partial charge is 0.510 e. The van der Waals surface area contributed by atoms with Gasteiger partial charge in [0.15, 0.2) is 5.91 Å². The molecule has 9 nitrogen and oxygen atoms in total. The van der Waals surface area contributed by atoms with Crippen molar-refractivity contribution in [3.05, 3.63) is 0 Å². The second-order valence-corrected chi connectivity index (χ2v) is 7.04. The Labute approximate surface area is 133 Å². The van der Waals surface area contributed by atoms with Crippen LogP contribution >= 0.6 is 7.60 Å². The van der Waals surface area contributed by atoms with Gasteiger partial charge < -0.3 is 18.9 Å². The van der Waals surface area contributed by atoms with E-state index >= 15 is 0 Å². The summed E-state index contributed by atoms with van der Waals surface area (Å²) in [5.41, 5.74) is 0. The summed E-state index contributed by atoms with van der Waals surface area (Å²) < 4.78 is 52.8. The molecule has 0 fully saturated rings. The number of hydrogen-bond acceptors (Lipinski definition) is 9. The summed E-state index contributed by atoms with van der Waals surface area (Å²) in [4.78, 5) is 22.2. The normalized spacial score (nSPS) is 12.9. The predicted octanol–water partition coefficient (Wildman–Crippen LogP) is 3.57. The Bertz CT molecular complexity index is 393. The molecule has 0 aromatic carbocycles. The fraction of sp³-hybridized carbons (Fsp3) is 0.833. The van der Waals surface area contributed by atoms with Crippen LogP contribution in [0.2, 0.25) is 0 Å². The minimum absolute atomic E-state index is 0.425. The molecule has 0 heterocycles. The first-order chi connectivity index (χ1) is 10.6. The van der Waals surface area contributed by atoms with E-state index in [1.165, 1.54) is 0 Å². The van der Waals surface area contributed by atoms with Gasteiger partial charge in [0.2, 0.25) is 13.6 Å². The SMILES string of the molecule is CC(C)OC(=O)OCOP(=O)(OCOC(=O)OC(C)C)C(C)F. The maximum atomic E-state index is 13.4. The van der Waals surface area contributed by atoms with Crippen molar-refractivity contribution in [3.8, 4) is 0 Å². The molecule has 0 bridgehead atoms. The van der Waals surface area contributed by atoms with Crippen LogP contribution in [0, 0.1) is 0 Å². The van der Waals surface area contributed by atoms with Gasteiger partial charge in [-0.25, -0.2) is 14.0 Å². The molecule has 0 N–H and O–H groups in total. The summed E-state index contributed by atoms with van der Waals surface area (Å²) in [6.07, 6.45) is -3.00. The first-order valence-electron chi connectivity index (χ1n) is 6.76. The molecule has 0 aromatic heterocycles. The highest BCUT2D eigenvalue weighted by atomic mass is 31.2. The van der Waals surface area contributed by atoms with E-state index in [9.17, 15) is 18.5 Å². The van der Waals surface area contributed by atoms with Crippen molar-refractivity contribution in [1.29, 1.82) is 0 Å². The number of rotatable bonds is 9. The molecule has 0 amide bonds. The first-order valence-corrected chi connectivity index (χ1v) is 8.37. The number of ether oxygens (including phenoxy) is 4. The monoisotopic (exact) mass is 360 g/mol. The van der Waals surface area contributed by atoms with Crippen LogP contribution in [-0.2, 0) is 32.6 Å². The minimum atomic E-state index is -4.30. The second-order valence-electron chi connectivity index (χ2n) is 4.73. The molecule has 0 spiro atoms. The van der Waals surface area contributed by atoms with Gasteiger partial charge in [0.25, 0.3) is 0 Å². The van der Waals surface area contributed by atoms with Gasteiger partial charge in [-0.3, -0.25) is 13.6 Å². The van der Waals surface area contributed by atoms with E-state index < -0.39 is 51.6 Å². The second kappa shape index (κ2) is 10.4. The van der Waals surface area contributed by atoms with Gasteiger partial charge in [-0.05, 0) is 34.6 Å². The molecule has 11 heteroatoms. The van der Waals surface area contributed by atoms with Gasteiger partial charge in [-0.2, -0.15) is 0 Å². The average molecular weight is 360 g/mol. The molecule has 0 saturated heterocycles. The van der Waals surface area contributed by atoms with Gasteiger partial charge in [0.1, 0.15) is 0 Å². The van der Waals surface area contributed by atoms with Crippen LogP contribution in [0.4, 0.5) is 14.0 Å². The Kier molecular flexibility index (Phi) is 9.78. The van der Waals surface area contributed by atoms with E-state index in [1.54, 1.807) is 27.7 Å². The van der Waals surface area contributed by atoms with Crippen molar-refractivity contribution in [3.63, 3.8) is 0 Å². The van der Waals surface area contributed by atoms with E-state index in [2.05, 4.69) is 28.0 Å². The third-order valence-electron chi connectivity index (χ3n) is 1.92. The molecule has 23 heavy (non-hydrogen) atoms. The lowest BCUT2D eigenvalue weighted by Crippen LogP contribution is -2.17. The van der Waals surface area contributed by atoms with Crippen LogP contribution in [0.15, 0.2) is 0 Å². The van der Waals surface area contributed by atoms with Gasteiger partial charge in [-0.15, -0.1) is 0 Å². The van der Waals surface area contributed by atoms with E-state index in [0.29, 0.717) is 0 Å². The third kappa shape index (κ3) is 10.1. The summed E-state index contributed by atoms with van der Waals surface area (Å²) in [6, 6.07) is 0. The lowest BCUT2D eigenvalue weighted by Gasteiger charge is -2.19. The summed E-state index contributed by atoms with van der Waals surface area (Å²) in [5.74, 6) is -2.04. The summed E-state index contributed by atoms with van der Waals surface area (Å²) in [6.45, 7) is 5.57. The van der Waals surface area contributed by atoms with Crippen LogP contribution in [0.5, 0.6) is 0 Å². The zero-order chi connectivity index (χ0) is 18.0. The topological polar surface area (TPSA) is 107 Å². The maximum Gasteiger partial charge on any atom is 0.510 e. The van der Waals surface area contributed by atoms with Crippen LogP contribution in [0.1, 0.15) is 34.6 Å². The summed E-state index contributed by atoms with van der Waals surface area (Å²) >= 11 is 0. The molecule has 0 aliphatic heterocycles. The summed E-state index contributed by atoms with van der Waals surface area (Å²) in [7, 11) is -4.30. The fourth-order valence-electron chi connectivity index (χ4n) is 0.991. The number of halogens is 1. The van der Waals surface area contributed by atoms with Crippen LogP contribution < -0.4 is 0 Å². The number of carbonyl (C=O) groups is 2. The van der Waals surface area contributed by atoms with E-state index in [4.69, 9.17) is 0 Å². The molecule has 0 saturated carbocycles. The number of carbonyl (C=O) groups excluding carboxylic acids is 2. The Balaban J connectivity index is 4.28. The fourth-order valence-corrected chi connectivity index (χ4v) is 1.88. The smallest absolute Gasteiger partial charge is 0.432 e. The van der Waals surface area contributed by atoms with Gasteiger partial charge in [-0.1, -0.05) is 0 Å². The van der Waals surface area contributed by atoms with Gasteiger partial charge >= 0.3 is 19.9 Å². The molecular formula is C12H22FO9P. The Hall–Kier alpha value is -1.38. The third-order valence-corrected chi connectivity index (χ3v) is 3.72. The zero-order valence-corrected chi connectivity index (χ0v) is 14.5. The molecule has 0 rings (SSSR count). The maximum absolute atomic E-state index is 13.4. The number of hydrogen-bond donors (Lipinski definition) is 0. The Morgan fingerprint density at radius 1 is 0.870 bits per heavy atom. The van der Waals surface area contributed by atoms with Crippen molar-refractivity contribution in [1.82, 2.24) is 0 Å². The Morgan fingerprint density at radius 2 is 1.22 bits per heavy atom. The van der Waals surface area contributed by atoms with Crippen molar-refractivity contribution < 1.29 is 46.5 Å². The van der Waals surface area contributed by atoms with E-state index in [-0.39, 0.29) is 0 Å². The zero-order valence-electron chi connectivity index (χ0n) is 13.6. The minimum Gasteiger partial charge on any atom is -0.432 e. The van der Waals surface area contributed by atoms with Crippen molar-refractivity contribution in [2.45, 2.75) is 52.7 Å². The van der Waals surface area contributed by atoms with Crippen LogP contribution in [0.3, 0.4) is 0 Å². The quantitative estimate of drug-likeness (QED) is 0.346. The molecule has 0 aromatic rings. The standard InChI is InChI=1S/C12H22FO9P/c1-8(2)21-11(14)17-6-19-23(16,10(5)13)20-7-18-12(15)22-9(3)4/h8-10H,6-7H2,1-5H3. The molecule has 0 aliphatic carbocycles. The Morgan fingerprint density at radius 3 is 1.48 bits per heavy atom. The van der Waals surface area contributed by atoms with Crippen LogP contribution in [-0.4, -0.2) is 44.0 Å². The first kappa shape index (κ1) is 21.6. The molecule has 1 unspecified atom stereocenters. The lowest BCUT2D eigenvalue weighted by atomic mass is 10.5. The number of alkyl halides is 1. The van der Waals surface area contributed by atoms with Crippen LogP contribution in [0.25, 0.3) is 0 Å². The van der Waals surface area contributed by atoms with Crippen molar-refractivity contribution in [2.75, 3.05) is 13.6 Å².